The number of benzene rings is 2. The van der Waals surface area contributed by atoms with E-state index in [1.165, 1.54) is 6.07 Å². The number of hydrogen-bond donors (Lipinski definition) is 1. The number of phenols is 1. The summed E-state index contributed by atoms with van der Waals surface area (Å²) in [5, 5.41) is 9.99. The lowest BCUT2D eigenvalue weighted by Gasteiger charge is -2.32. The van der Waals surface area contributed by atoms with E-state index in [0.29, 0.717) is 19.5 Å². The Morgan fingerprint density at radius 3 is 2.75 bits per heavy atom. The minimum Gasteiger partial charge on any atom is -0.507 e. The first-order chi connectivity index (χ1) is 13.5. The van der Waals surface area contributed by atoms with E-state index in [4.69, 9.17) is 4.74 Å². The quantitative estimate of drug-likeness (QED) is 0.866. The molecule has 3 heterocycles. The van der Waals surface area contributed by atoms with Crippen molar-refractivity contribution in [3.8, 4) is 5.75 Å². The molecule has 2 aromatic rings. The van der Waals surface area contributed by atoms with Crippen LogP contribution >= 0.6 is 0 Å². The van der Waals surface area contributed by atoms with Crippen LogP contribution < -0.4 is 0 Å². The van der Waals surface area contributed by atoms with Crippen molar-refractivity contribution in [2.24, 2.45) is 0 Å². The number of rotatable bonds is 2. The van der Waals surface area contributed by atoms with Crippen LogP contribution in [-0.2, 0) is 9.53 Å². The Labute approximate surface area is 161 Å². The molecule has 0 unspecified atom stereocenters. The third-order valence-corrected chi connectivity index (χ3v) is 6.05. The first-order valence-corrected chi connectivity index (χ1v) is 9.32. The van der Waals surface area contributed by atoms with Gasteiger partial charge in [0, 0.05) is 19.0 Å². The van der Waals surface area contributed by atoms with E-state index < -0.39 is 29.2 Å². The maximum absolute atomic E-state index is 13.3. The number of phenolic OH excluding ortho intramolecular Hbond substituents is 1. The molecule has 0 aliphatic carbocycles. The van der Waals surface area contributed by atoms with Gasteiger partial charge in [0.1, 0.15) is 17.7 Å². The van der Waals surface area contributed by atoms with Crippen LogP contribution in [-0.4, -0.2) is 51.6 Å². The predicted octanol–water partition coefficient (Wildman–Crippen LogP) is 2.45. The monoisotopic (exact) mass is 382 g/mol. The fourth-order valence-corrected chi connectivity index (χ4v) is 4.75. The number of nitrogens with zero attached hydrogens (tertiary/aromatic N) is 2. The van der Waals surface area contributed by atoms with Crippen molar-refractivity contribution in [1.82, 2.24) is 9.80 Å². The summed E-state index contributed by atoms with van der Waals surface area (Å²) >= 11 is 0. The first kappa shape index (κ1) is 17.2. The largest absolute Gasteiger partial charge is 0.507 e. The van der Waals surface area contributed by atoms with E-state index in [-0.39, 0.29) is 24.0 Å². The van der Waals surface area contributed by atoms with Crippen LogP contribution in [0.15, 0.2) is 48.5 Å². The molecule has 7 heteroatoms. The maximum Gasteiger partial charge on any atom is 0.258 e. The first-order valence-electron chi connectivity index (χ1n) is 9.32. The number of halogens is 1. The smallest absolute Gasteiger partial charge is 0.258 e. The molecule has 0 saturated carbocycles. The zero-order valence-electron chi connectivity index (χ0n) is 15.0. The third-order valence-electron chi connectivity index (χ3n) is 6.05. The van der Waals surface area contributed by atoms with E-state index in [2.05, 4.69) is 0 Å². The lowest BCUT2D eigenvalue weighted by molar-refractivity contribution is -0.138. The lowest BCUT2D eigenvalue weighted by Crippen LogP contribution is -2.48. The van der Waals surface area contributed by atoms with E-state index in [1.807, 2.05) is 30.3 Å². The maximum atomic E-state index is 13.3. The van der Waals surface area contributed by atoms with Gasteiger partial charge in [0.2, 0.25) is 5.91 Å². The summed E-state index contributed by atoms with van der Waals surface area (Å²) in [7, 11) is 0. The van der Waals surface area contributed by atoms with E-state index in [9.17, 15) is 19.1 Å². The SMILES string of the molecule is O=C(c1ccc(F)cc1O)N1CC[C@@]23O[C@@H](c4ccccc4)CN2C(=O)C[C@@H]13. The predicted molar refractivity (Wildman–Crippen MR) is 96.8 cm³/mol. The van der Waals surface area contributed by atoms with Crippen LogP contribution in [0.5, 0.6) is 5.75 Å². The van der Waals surface area contributed by atoms with Crippen LogP contribution in [0, 0.1) is 5.82 Å². The Bertz CT molecular complexity index is 966. The Morgan fingerprint density at radius 1 is 1.21 bits per heavy atom. The Balaban J connectivity index is 1.45. The van der Waals surface area contributed by atoms with Crippen molar-refractivity contribution < 1.29 is 23.8 Å². The molecule has 2 amide bonds. The fourth-order valence-electron chi connectivity index (χ4n) is 4.75. The molecule has 3 aliphatic heterocycles. The minimum atomic E-state index is -0.830. The van der Waals surface area contributed by atoms with Gasteiger partial charge in [-0.15, -0.1) is 0 Å². The van der Waals surface area contributed by atoms with Gasteiger partial charge in [-0.25, -0.2) is 4.39 Å². The van der Waals surface area contributed by atoms with Gasteiger partial charge in [0.05, 0.1) is 24.6 Å². The van der Waals surface area contributed by atoms with Gasteiger partial charge in [0.25, 0.3) is 5.91 Å². The molecule has 2 aromatic carbocycles. The van der Waals surface area contributed by atoms with Crippen molar-refractivity contribution in [3.63, 3.8) is 0 Å². The summed E-state index contributed by atoms with van der Waals surface area (Å²) in [5.41, 5.74) is 0.198. The van der Waals surface area contributed by atoms with Gasteiger partial charge in [0.15, 0.2) is 5.72 Å². The van der Waals surface area contributed by atoms with Crippen LogP contribution in [0.1, 0.15) is 34.9 Å². The Morgan fingerprint density at radius 2 is 2.00 bits per heavy atom. The van der Waals surface area contributed by atoms with Crippen molar-refractivity contribution >= 4 is 11.8 Å². The van der Waals surface area contributed by atoms with Crippen LogP contribution in [0.2, 0.25) is 0 Å². The molecule has 3 aliphatic rings. The van der Waals surface area contributed by atoms with E-state index in [1.54, 1.807) is 9.80 Å². The van der Waals surface area contributed by atoms with E-state index in [0.717, 1.165) is 17.7 Å². The molecule has 0 aromatic heterocycles. The second kappa shape index (κ2) is 6.04. The molecular formula is C21H19FN2O4. The van der Waals surface area contributed by atoms with Crippen LogP contribution in [0.4, 0.5) is 4.39 Å². The second-order valence-corrected chi connectivity index (χ2v) is 7.50. The van der Waals surface area contributed by atoms with Crippen LogP contribution in [0.25, 0.3) is 0 Å². The third kappa shape index (κ3) is 2.36. The number of carbonyl (C=O) groups is 2. The molecule has 0 bridgehead atoms. The van der Waals surface area contributed by atoms with Gasteiger partial charge < -0.3 is 19.6 Å². The number of amides is 2. The standard InChI is InChI=1S/C21H19FN2O4/c22-14-6-7-15(16(25)10-14)20(27)23-9-8-21-18(23)11-19(26)24(21)12-17(28-21)13-4-2-1-3-5-13/h1-7,10,17-18,25H,8-9,11-12H2/t17-,18-,21+/m1/s1. The van der Waals surface area contributed by atoms with Gasteiger partial charge >= 0.3 is 0 Å². The van der Waals surface area contributed by atoms with Gasteiger partial charge in [-0.2, -0.15) is 0 Å². The van der Waals surface area contributed by atoms with Crippen molar-refractivity contribution in [3.05, 3.63) is 65.5 Å². The molecule has 28 heavy (non-hydrogen) atoms. The summed E-state index contributed by atoms with van der Waals surface area (Å²) < 4.78 is 19.7. The molecule has 3 fully saturated rings. The van der Waals surface area contributed by atoms with Gasteiger partial charge in [-0.1, -0.05) is 30.3 Å². The van der Waals surface area contributed by atoms with Gasteiger partial charge in [-0.3, -0.25) is 9.59 Å². The van der Waals surface area contributed by atoms with Crippen LogP contribution in [0.3, 0.4) is 0 Å². The molecule has 6 nitrogen and oxygen atoms in total. The highest BCUT2D eigenvalue weighted by molar-refractivity contribution is 5.98. The fraction of sp³-hybridized carbons (Fsp3) is 0.333. The minimum absolute atomic E-state index is 0.0296. The topological polar surface area (TPSA) is 70.1 Å². The molecule has 1 spiro atoms. The molecular weight excluding hydrogens is 363 g/mol. The normalized spacial score (nSPS) is 28.5. The lowest BCUT2D eigenvalue weighted by atomic mass is 10.1. The highest BCUT2D eigenvalue weighted by Crippen LogP contribution is 2.51. The summed E-state index contributed by atoms with van der Waals surface area (Å²) in [6.45, 7) is 0.870. The highest BCUT2D eigenvalue weighted by Gasteiger charge is 2.65. The number of likely N-dealkylation sites (tertiary alicyclic amines) is 1. The second-order valence-electron chi connectivity index (χ2n) is 7.50. The molecule has 0 radical (unpaired) electrons. The number of hydrogen-bond acceptors (Lipinski definition) is 4. The highest BCUT2D eigenvalue weighted by atomic mass is 19.1. The van der Waals surface area contributed by atoms with Crippen molar-refractivity contribution in [2.75, 3.05) is 13.1 Å². The Kier molecular flexibility index (Phi) is 3.71. The molecule has 5 rings (SSSR count). The summed E-state index contributed by atoms with van der Waals surface area (Å²) in [6, 6.07) is 12.6. The van der Waals surface area contributed by atoms with Crippen molar-refractivity contribution in [2.45, 2.75) is 30.7 Å². The summed E-state index contributed by atoms with van der Waals surface area (Å²) in [6.07, 6.45) is 0.470. The average molecular weight is 382 g/mol. The zero-order chi connectivity index (χ0) is 19.5. The molecule has 1 N–H and O–H groups in total. The van der Waals surface area contributed by atoms with E-state index >= 15 is 0 Å². The summed E-state index contributed by atoms with van der Waals surface area (Å²) in [5.74, 6) is -1.47. The molecule has 3 saturated heterocycles. The number of ether oxygens (including phenoxy) is 1. The average Bonchev–Trinajstić information content (AvgIpc) is 3.31. The number of aromatic hydroxyl groups is 1. The Hall–Kier alpha value is -2.93. The zero-order valence-corrected chi connectivity index (χ0v) is 15.0. The molecule has 3 atom stereocenters. The molecule has 144 valence electrons. The van der Waals surface area contributed by atoms with Gasteiger partial charge in [-0.05, 0) is 17.7 Å². The summed E-state index contributed by atoms with van der Waals surface area (Å²) in [4.78, 5) is 29.0. The van der Waals surface area contributed by atoms with Crippen molar-refractivity contribution in [1.29, 1.82) is 0 Å². The number of carbonyl (C=O) groups excluding carboxylic acids is 2.